The number of anilines is 1. The van der Waals surface area contributed by atoms with E-state index >= 15 is 0 Å². The summed E-state index contributed by atoms with van der Waals surface area (Å²) in [7, 11) is -3.95. The molecule has 1 aliphatic rings. The summed E-state index contributed by atoms with van der Waals surface area (Å²) in [6.45, 7) is 1.97. The molecule has 1 heterocycles. The van der Waals surface area contributed by atoms with Gasteiger partial charge in [-0.2, -0.15) is 0 Å². The van der Waals surface area contributed by atoms with Crippen LogP contribution in [0.25, 0.3) is 0 Å². The number of fused-ring (bicyclic) bond motifs is 1. The van der Waals surface area contributed by atoms with Gasteiger partial charge < -0.3 is 0 Å². The number of hydrogen-bond acceptors (Lipinski definition) is 6. The van der Waals surface area contributed by atoms with Crippen molar-refractivity contribution in [2.45, 2.75) is 29.6 Å². The minimum Gasteiger partial charge on any atom is -0.293 e. The standard InChI is InChI=1S/C14H12Cl2N2O3S3/c1-6-2-9-13(10(19)3-6)23-14(17-9)18-24(20,21)12-5-8(16)7(15)4-11(12)22/h4-6,22H,2-3H2,1H3,(H,17,18). The molecule has 1 atom stereocenters. The molecular weight excluding hydrogens is 411 g/mol. The maximum Gasteiger partial charge on any atom is 0.264 e. The van der Waals surface area contributed by atoms with Crippen molar-refractivity contribution in [1.82, 2.24) is 4.98 Å². The molecule has 0 aliphatic heterocycles. The van der Waals surface area contributed by atoms with Crippen LogP contribution in [0.2, 0.25) is 10.0 Å². The maximum absolute atomic E-state index is 12.6. The molecule has 1 N–H and O–H groups in total. The number of thiol groups is 1. The van der Waals surface area contributed by atoms with E-state index < -0.39 is 10.0 Å². The Bertz CT molecular complexity index is 941. The zero-order chi connectivity index (χ0) is 17.6. The van der Waals surface area contributed by atoms with Crippen molar-refractivity contribution in [3.05, 3.63) is 32.7 Å². The molecule has 1 unspecified atom stereocenters. The number of nitrogens with zero attached hydrogens (tertiary/aromatic N) is 1. The van der Waals surface area contributed by atoms with Crippen molar-refractivity contribution in [3.63, 3.8) is 0 Å². The number of rotatable bonds is 3. The second-order valence-corrected chi connectivity index (χ2v) is 9.52. The Balaban J connectivity index is 1.95. The minimum atomic E-state index is -3.95. The topological polar surface area (TPSA) is 76.1 Å². The lowest BCUT2D eigenvalue weighted by atomic mass is 9.92. The highest BCUT2D eigenvalue weighted by atomic mass is 35.5. The Morgan fingerprint density at radius 2 is 1.96 bits per heavy atom. The van der Waals surface area contributed by atoms with Crippen molar-refractivity contribution >= 4 is 68.1 Å². The molecule has 128 valence electrons. The van der Waals surface area contributed by atoms with Crippen LogP contribution in [0.3, 0.4) is 0 Å². The van der Waals surface area contributed by atoms with E-state index in [2.05, 4.69) is 22.3 Å². The van der Waals surface area contributed by atoms with Crippen molar-refractivity contribution in [2.24, 2.45) is 5.92 Å². The first-order chi connectivity index (χ1) is 11.2. The monoisotopic (exact) mass is 422 g/mol. The van der Waals surface area contributed by atoms with Crippen LogP contribution in [0.5, 0.6) is 0 Å². The lowest BCUT2D eigenvalue weighted by molar-refractivity contribution is 0.0957. The van der Waals surface area contributed by atoms with Gasteiger partial charge in [0.05, 0.1) is 20.6 Å². The van der Waals surface area contributed by atoms with Gasteiger partial charge in [0.25, 0.3) is 10.0 Å². The average Bonchev–Trinajstić information content (AvgIpc) is 2.84. The SMILES string of the molecule is CC1CC(=O)c2sc(NS(=O)(=O)c3cc(Cl)c(Cl)cc3S)nc2C1. The minimum absolute atomic E-state index is 0.00359. The molecule has 0 saturated heterocycles. The highest BCUT2D eigenvalue weighted by Gasteiger charge is 2.28. The van der Waals surface area contributed by atoms with Crippen LogP contribution in [0, 0.1) is 5.92 Å². The van der Waals surface area contributed by atoms with Gasteiger partial charge in [-0.25, -0.2) is 13.4 Å². The van der Waals surface area contributed by atoms with Crippen molar-refractivity contribution in [3.8, 4) is 0 Å². The summed E-state index contributed by atoms with van der Waals surface area (Å²) in [4.78, 5) is 16.9. The van der Waals surface area contributed by atoms with E-state index in [1.54, 1.807) is 0 Å². The highest BCUT2D eigenvalue weighted by molar-refractivity contribution is 7.93. The third-order valence-electron chi connectivity index (χ3n) is 3.54. The number of halogens is 2. The smallest absolute Gasteiger partial charge is 0.264 e. The third-order valence-corrected chi connectivity index (χ3v) is 7.34. The number of carbonyl (C=O) groups excluding carboxylic acids is 1. The fourth-order valence-corrected chi connectivity index (χ4v) is 5.77. The van der Waals surface area contributed by atoms with Crippen molar-refractivity contribution in [2.75, 3.05) is 4.72 Å². The lowest BCUT2D eigenvalue weighted by Gasteiger charge is -2.14. The third kappa shape index (κ3) is 3.43. The Morgan fingerprint density at radius 3 is 2.67 bits per heavy atom. The fourth-order valence-electron chi connectivity index (χ4n) is 2.47. The number of sulfonamides is 1. The summed E-state index contributed by atoms with van der Waals surface area (Å²) in [5.74, 6) is 0.201. The molecule has 5 nitrogen and oxygen atoms in total. The Labute approximate surface area is 158 Å². The number of aromatic nitrogens is 1. The summed E-state index contributed by atoms with van der Waals surface area (Å²) < 4.78 is 27.5. The predicted octanol–water partition coefficient (Wildman–Crippen LogP) is 4.30. The summed E-state index contributed by atoms with van der Waals surface area (Å²) in [6, 6.07) is 2.59. The highest BCUT2D eigenvalue weighted by Crippen LogP contribution is 2.35. The Hall–Kier alpha value is -0.800. The van der Waals surface area contributed by atoms with Crippen molar-refractivity contribution in [1.29, 1.82) is 0 Å². The molecule has 0 saturated carbocycles. The number of Topliss-reactive ketones (excluding diaryl/α,β-unsaturated/α-hetero) is 1. The number of thiazole rings is 1. The maximum atomic E-state index is 12.6. The zero-order valence-electron chi connectivity index (χ0n) is 12.3. The molecule has 1 aromatic carbocycles. The lowest BCUT2D eigenvalue weighted by Crippen LogP contribution is -2.16. The van der Waals surface area contributed by atoms with Crippen molar-refractivity contribution < 1.29 is 13.2 Å². The zero-order valence-corrected chi connectivity index (χ0v) is 16.4. The van der Waals surface area contributed by atoms with Crippen LogP contribution in [0.4, 0.5) is 5.13 Å². The van der Waals surface area contributed by atoms with Gasteiger partial charge in [0.1, 0.15) is 4.90 Å². The van der Waals surface area contributed by atoms with Gasteiger partial charge in [0, 0.05) is 11.3 Å². The van der Waals surface area contributed by atoms with Gasteiger partial charge in [-0.05, 0) is 24.5 Å². The summed E-state index contributed by atoms with van der Waals surface area (Å²) in [5.41, 5.74) is 0.640. The average molecular weight is 423 g/mol. The number of carbonyl (C=O) groups is 1. The summed E-state index contributed by atoms with van der Waals surface area (Å²) in [6.07, 6.45) is 1.11. The van der Waals surface area contributed by atoms with E-state index in [9.17, 15) is 13.2 Å². The number of ketones is 1. The normalized spacial score (nSPS) is 17.7. The quantitative estimate of drug-likeness (QED) is 0.722. The van der Waals surface area contributed by atoms with Gasteiger partial charge in [-0.3, -0.25) is 9.52 Å². The van der Waals surface area contributed by atoms with Crippen LogP contribution in [-0.2, 0) is 16.4 Å². The molecule has 0 spiro atoms. The largest absolute Gasteiger partial charge is 0.293 e. The van der Waals surface area contributed by atoms with Crippen LogP contribution in [-0.4, -0.2) is 19.2 Å². The first-order valence-electron chi connectivity index (χ1n) is 6.91. The van der Waals surface area contributed by atoms with Gasteiger partial charge in [-0.15, -0.1) is 12.6 Å². The Morgan fingerprint density at radius 1 is 1.29 bits per heavy atom. The van der Waals surface area contributed by atoms with E-state index in [0.717, 1.165) is 11.3 Å². The molecule has 1 aliphatic carbocycles. The number of benzene rings is 1. The van der Waals surface area contributed by atoms with Crippen LogP contribution >= 0.6 is 47.2 Å². The number of hydrogen-bond donors (Lipinski definition) is 2. The van der Waals surface area contributed by atoms with Crippen LogP contribution in [0.15, 0.2) is 21.9 Å². The van der Waals surface area contributed by atoms with E-state index in [-0.39, 0.29) is 36.7 Å². The van der Waals surface area contributed by atoms with E-state index in [1.807, 2.05) is 6.92 Å². The fraction of sp³-hybridized carbons (Fsp3) is 0.286. The van der Waals surface area contributed by atoms with Gasteiger partial charge >= 0.3 is 0 Å². The molecular formula is C14H12Cl2N2O3S3. The van der Waals surface area contributed by atoms with E-state index in [1.165, 1.54) is 12.1 Å². The summed E-state index contributed by atoms with van der Waals surface area (Å²) in [5, 5.41) is 0.475. The molecule has 0 radical (unpaired) electrons. The van der Waals surface area contributed by atoms with Gasteiger partial charge in [0.15, 0.2) is 10.9 Å². The van der Waals surface area contributed by atoms with Crippen LogP contribution < -0.4 is 4.72 Å². The molecule has 0 amide bonds. The molecule has 0 bridgehead atoms. The summed E-state index contributed by atoms with van der Waals surface area (Å²) >= 11 is 16.9. The van der Waals surface area contributed by atoms with Gasteiger partial charge in [-0.1, -0.05) is 41.5 Å². The molecule has 2 aromatic rings. The van der Waals surface area contributed by atoms with Crippen LogP contribution in [0.1, 0.15) is 28.7 Å². The molecule has 10 heteroatoms. The van der Waals surface area contributed by atoms with E-state index in [0.29, 0.717) is 23.4 Å². The predicted molar refractivity (Wildman–Crippen MR) is 98.5 cm³/mol. The molecule has 24 heavy (non-hydrogen) atoms. The second-order valence-electron chi connectivity index (χ2n) is 5.57. The first kappa shape index (κ1) is 18.0. The van der Waals surface area contributed by atoms with E-state index in [4.69, 9.17) is 23.2 Å². The molecule has 1 aromatic heterocycles. The number of nitrogens with one attached hydrogen (secondary N) is 1. The molecule has 3 rings (SSSR count). The first-order valence-corrected chi connectivity index (χ1v) is 10.4. The van der Waals surface area contributed by atoms with Gasteiger partial charge in [0.2, 0.25) is 0 Å². The second kappa shape index (κ2) is 6.49. The molecule has 0 fully saturated rings. The Kier molecular flexibility index (Phi) is 4.87.